The molecule has 138 valence electrons. The van der Waals surface area contributed by atoms with Gasteiger partial charge in [0.1, 0.15) is 0 Å². The topological polar surface area (TPSA) is 38.3 Å². The maximum absolute atomic E-state index is 11.2. The van der Waals surface area contributed by atoms with E-state index in [-0.39, 0.29) is 6.09 Å². The highest BCUT2D eigenvalue weighted by molar-refractivity contribution is 5.66. The molecule has 0 saturated heterocycles. The third kappa shape index (κ3) is 19.2. The molecule has 0 aliphatic heterocycles. The summed E-state index contributed by atoms with van der Waals surface area (Å²) >= 11 is 0. The summed E-state index contributed by atoms with van der Waals surface area (Å²) in [6.07, 6.45) is 19.6. The van der Waals surface area contributed by atoms with E-state index in [0.717, 1.165) is 12.8 Å². The van der Waals surface area contributed by atoms with Crippen LogP contribution in [0, 0.1) is 0 Å². The van der Waals surface area contributed by atoms with E-state index in [0.29, 0.717) is 13.2 Å². The molecule has 23 heavy (non-hydrogen) atoms. The van der Waals surface area contributed by atoms with Crippen molar-refractivity contribution in [2.45, 2.75) is 110 Å². The largest absolute Gasteiger partial charge is 0.450 e. The predicted molar refractivity (Wildman–Crippen MR) is 100.0 cm³/mol. The Balaban J connectivity index is 3.04. The zero-order valence-corrected chi connectivity index (χ0v) is 15.8. The van der Waals surface area contributed by atoms with E-state index >= 15 is 0 Å². The van der Waals surface area contributed by atoms with Gasteiger partial charge in [-0.15, -0.1) is 0 Å². The second-order valence-corrected chi connectivity index (χ2v) is 6.66. The first-order valence-electron chi connectivity index (χ1n) is 10.2. The number of hydrogen-bond acceptors (Lipinski definition) is 2. The number of unbranched alkanes of at least 4 members (excludes halogenated alkanes) is 13. The molecule has 0 aromatic heterocycles. The second-order valence-electron chi connectivity index (χ2n) is 6.66. The van der Waals surface area contributed by atoms with Crippen molar-refractivity contribution in [3.63, 3.8) is 0 Å². The van der Waals surface area contributed by atoms with Crippen LogP contribution >= 0.6 is 0 Å². The van der Waals surface area contributed by atoms with Crippen molar-refractivity contribution in [3.8, 4) is 0 Å². The van der Waals surface area contributed by atoms with Crippen molar-refractivity contribution in [2.24, 2.45) is 0 Å². The van der Waals surface area contributed by atoms with Crippen LogP contribution in [0.3, 0.4) is 0 Å². The summed E-state index contributed by atoms with van der Waals surface area (Å²) in [4.78, 5) is 11.2. The Morgan fingerprint density at radius 2 is 1.09 bits per heavy atom. The average Bonchev–Trinajstić information content (AvgIpc) is 2.56. The molecule has 0 bridgehead atoms. The molecule has 3 nitrogen and oxygen atoms in total. The van der Waals surface area contributed by atoms with Crippen molar-refractivity contribution < 1.29 is 9.53 Å². The Hall–Kier alpha value is -0.730. The number of nitrogens with one attached hydrogen (secondary N) is 1. The first-order chi connectivity index (χ1) is 11.3. The van der Waals surface area contributed by atoms with Crippen LogP contribution < -0.4 is 5.32 Å². The first kappa shape index (κ1) is 22.3. The fraction of sp³-hybridized carbons (Fsp3) is 0.950. The first-order valence-corrected chi connectivity index (χ1v) is 10.2. The third-order valence-electron chi connectivity index (χ3n) is 4.25. The zero-order valence-electron chi connectivity index (χ0n) is 15.8. The molecule has 0 rings (SSSR count). The van der Waals surface area contributed by atoms with Crippen molar-refractivity contribution in [1.29, 1.82) is 0 Å². The minimum Gasteiger partial charge on any atom is -0.450 e. The molecule has 1 N–H and O–H groups in total. The quantitative estimate of drug-likeness (QED) is 0.305. The van der Waals surface area contributed by atoms with Gasteiger partial charge in [0.25, 0.3) is 0 Å². The van der Waals surface area contributed by atoms with Gasteiger partial charge < -0.3 is 10.1 Å². The molecule has 3 heteroatoms. The predicted octanol–water partition coefficient (Wildman–Crippen LogP) is 6.60. The van der Waals surface area contributed by atoms with E-state index in [1.54, 1.807) is 0 Å². The van der Waals surface area contributed by atoms with Crippen molar-refractivity contribution in [1.82, 2.24) is 5.32 Å². The van der Waals surface area contributed by atoms with Gasteiger partial charge in [-0.3, -0.25) is 0 Å². The number of carbonyl (C=O) groups excluding carboxylic acids is 1. The molecule has 0 heterocycles. The highest BCUT2D eigenvalue weighted by Crippen LogP contribution is 2.12. The average molecular weight is 328 g/mol. The molecule has 0 aromatic carbocycles. The highest BCUT2D eigenvalue weighted by atomic mass is 16.5. The van der Waals surface area contributed by atoms with E-state index in [1.165, 1.54) is 83.5 Å². The number of carbonyl (C=O) groups is 1. The lowest BCUT2D eigenvalue weighted by atomic mass is 10.0. The van der Waals surface area contributed by atoms with Crippen LogP contribution in [-0.2, 0) is 4.74 Å². The van der Waals surface area contributed by atoms with Gasteiger partial charge in [-0.05, 0) is 12.8 Å². The molecular weight excluding hydrogens is 286 g/mol. The van der Waals surface area contributed by atoms with Crippen LogP contribution in [0.5, 0.6) is 0 Å². The second kappa shape index (κ2) is 19.3. The van der Waals surface area contributed by atoms with Gasteiger partial charge in [-0.25, -0.2) is 4.79 Å². The van der Waals surface area contributed by atoms with Gasteiger partial charge in [-0.1, -0.05) is 97.3 Å². The Morgan fingerprint density at radius 3 is 1.52 bits per heavy atom. The standard InChI is InChI=1S/C20H41NO2/c1-3-5-6-7-8-9-10-11-12-13-14-15-16-17-19-23-20(22)21-18-4-2/h3-19H2,1-2H3,(H,21,22). The number of rotatable bonds is 17. The molecule has 0 saturated carbocycles. The zero-order chi connectivity index (χ0) is 17.0. The van der Waals surface area contributed by atoms with Gasteiger partial charge in [0.2, 0.25) is 0 Å². The lowest BCUT2D eigenvalue weighted by Crippen LogP contribution is -2.25. The summed E-state index contributed by atoms with van der Waals surface area (Å²) in [5, 5.41) is 2.72. The number of alkyl carbamates (subject to hydrolysis) is 1. The van der Waals surface area contributed by atoms with Crippen LogP contribution in [0.2, 0.25) is 0 Å². The minimum atomic E-state index is -0.262. The molecule has 0 fully saturated rings. The molecule has 0 unspecified atom stereocenters. The molecule has 0 aromatic rings. The van der Waals surface area contributed by atoms with Gasteiger partial charge in [-0.2, -0.15) is 0 Å². The maximum Gasteiger partial charge on any atom is 0.407 e. The summed E-state index contributed by atoms with van der Waals surface area (Å²) < 4.78 is 5.10. The van der Waals surface area contributed by atoms with Crippen LogP contribution in [0.15, 0.2) is 0 Å². The van der Waals surface area contributed by atoms with Gasteiger partial charge in [0, 0.05) is 6.54 Å². The summed E-state index contributed by atoms with van der Waals surface area (Å²) in [5.41, 5.74) is 0. The van der Waals surface area contributed by atoms with Crippen LogP contribution in [0.1, 0.15) is 110 Å². The summed E-state index contributed by atoms with van der Waals surface area (Å²) in [6, 6.07) is 0. The number of ether oxygens (including phenoxy) is 1. The Kier molecular flexibility index (Phi) is 18.7. The smallest absolute Gasteiger partial charge is 0.407 e. The van der Waals surface area contributed by atoms with Crippen molar-refractivity contribution in [3.05, 3.63) is 0 Å². The van der Waals surface area contributed by atoms with Crippen molar-refractivity contribution in [2.75, 3.05) is 13.2 Å². The summed E-state index contributed by atoms with van der Waals surface area (Å²) in [5.74, 6) is 0. The van der Waals surface area contributed by atoms with Crippen LogP contribution in [0.4, 0.5) is 4.79 Å². The van der Waals surface area contributed by atoms with E-state index in [9.17, 15) is 4.79 Å². The third-order valence-corrected chi connectivity index (χ3v) is 4.25. The fourth-order valence-corrected chi connectivity index (χ4v) is 2.74. The maximum atomic E-state index is 11.2. The normalized spacial score (nSPS) is 10.7. The number of amides is 1. The van der Waals surface area contributed by atoms with E-state index in [1.807, 2.05) is 6.92 Å². The Bertz CT molecular complexity index is 244. The summed E-state index contributed by atoms with van der Waals surface area (Å²) in [7, 11) is 0. The molecule has 1 amide bonds. The Labute approximate surface area is 144 Å². The summed E-state index contributed by atoms with van der Waals surface area (Å²) in [6.45, 7) is 5.58. The van der Waals surface area contributed by atoms with Gasteiger partial charge >= 0.3 is 6.09 Å². The molecule has 0 spiro atoms. The van der Waals surface area contributed by atoms with Crippen LogP contribution in [-0.4, -0.2) is 19.2 Å². The van der Waals surface area contributed by atoms with E-state index in [2.05, 4.69) is 12.2 Å². The monoisotopic (exact) mass is 327 g/mol. The highest BCUT2D eigenvalue weighted by Gasteiger charge is 1.99. The molecule has 0 atom stereocenters. The van der Waals surface area contributed by atoms with Gasteiger partial charge in [0.05, 0.1) is 6.61 Å². The van der Waals surface area contributed by atoms with Gasteiger partial charge in [0.15, 0.2) is 0 Å². The lowest BCUT2D eigenvalue weighted by Gasteiger charge is -2.06. The molecular formula is C20H41NO2. The molecule has 0 aliphatic carbocycles. The molecule has 0 aliphatic rings. The molecule has 0 radical (unpaired) electrons. The van der Waals surface area contributed by atoms with E-state index < -0.39 is 0 Å². The van der Waals surface area contributed by atoms with Crippen LogP contribution in [0.25, 0.3) is 0 Å². The SMILES string of the molecule is CCCCCCCCCCCCCCCCOC(=O)NCCC. The minimum absolute atomic E-state index is 0.262. The van der Waals surface area contributed by atoms with E-state index in [4.69, 9.17) is 4.74 Å². The number of hydrogen-bond donors (Lipinski definition) is 1. The fourth-order valence-electron chi connectivity index (χ4n) is 2.74. The lowest BCUT2D eigenvalue weighted by molar-refractivity contribution is 0.144. The Morgan fingerprint density at radius 1 is 0.652 bits per heavy atom. The van der Waals surface area contributed by atoms with Crippen molar-refractivity contribution >= 4 is 6.09 Å².